The first-order valence-corrected chi connectivity index (χ1v) is 16.8. The smallest absolute Gasteiger partial charge is 0.274 e. The molecule has 3 fully saturated rings. The van der Waals surface area contributed by atoms with Crippen LogP contribution in [-0.4, -0.2) is 105 Å². The van der Waals surface area contributed by atoms with Crippen LogP contribution in [0.4, 0.5) is 8.78 Å². The molecule has 0 bridgehead atoms. The van der Waals surface area contributed by atoms with Crippen LogP contribution in [-0.2, 0) is 4.79 Å². The average molecular weight is 625 g/mol. The van der Waals surface area contributed by atoms with E-state index in [1.54, 1.807) is 18.3 Å². The number of halogens is 2. The fourth-order valence-electron chi connectivity index (χ4n) is 7.60. The molecule has 1 saturated carbocycles. The summed E-state index contributed by atoms with van der Waals surface area (Å²) in [5, 5.41) is 8.02. The van der Waals surface area contributed by atoms with E-state index in [1.807, 2.05) is 23.6 Å². The summed E-state index contributed by atoms with van der Waals surface area (Å²) in [7, 11) is 0. The normalized spacial score (nSPS) is 23.0. The van der Waals surface area contributed by atoms with Gasteiger partial charge >= 0.3 is 0 Å². The van der Waals surface area contributed by atoms with Crippen molar-refractivity contribution >= 4 is 11.8 Å². The minimum absolute atomic E-state index is 0.00498. The zero-order chi connectivity index (χ0) is 32.3. The highest BCUT2D eigenvalue weighted by Crippen LogP contribution is 2.39. The van der Waals surface area contributed by atoms with Gasteiger partial charge in [-0.1, -0.05) is 25.3 Å². The number of hydrogen-bond acceptors (Lipinski definition) is 6. The van der Waals surface area contributed by atoms with Gasteiger partial charge in [0.1, 0.15) is 11.6 Å². The molecule has 0 spiro atoms. The van der Waals surface area contributed by atoms with Gasteiger partial charge in [0.2, 0.25) is 5.91 Å². The van der Waals surface area contributed by atoms with Gasteiger partial charge in [0.05, 0.1) is 5.92 Å². The Bertz CT molecular complexity index is 1300. The highest BCUT2D eigenvalue weighted by Gasteiger charge is 2.45. The lowest BCUT2D eigenvalue weighted by Crippen LogP contribution is -2.58. The van der Waals surface area contributed by atoms with E-state index in [4.69, 9.17) is 0 Å². The predicted molar refractivity (Wildman–Crippen MR) is 171 cm³/mol. The molecule has 2 saturated heterocycles. The van der Waals surface area contributed by atoms with Crippen LogP contribution in [0.2, 0.25) is 0 Å². The molecule has 8 nitrogen and oxygen atoms in total. The molecule has 3 heterocycles. The first kappa shape index (κ1) is 33.4. The number of rotatable bonds is 8. The zero-order valence-electron chi connectivity index (χ0n) is 27.6. The number of amides is 2. The van der Waals surface area contributed by atoms with Crippen LogP contribution in [0.25, 0.3) is 0 Å². The minimum Gasteiger partial charge on any atom is -0.340 e. The van der Waals surface area contributed by atoms with E-state index < -0.39 is 17.6 Å². The molecule has 1 aromatic carbocycles. The van der Waals surface area contributed by atoms with Gasteiger partial charge in [0.15, 0.2) is 5.69 Å². The Kier molecular flexibility index (Phi) is 10.5. The van der Waals surface area contributed by atoms with Crippen molar-refractivity contribution in [2.24, 2.45) is 11.8 Å². The first-order chi connectivity index (χ1) is 21.4. The third-order valence-electron chi connectivity index (χ3n) is 10.3. The second kappa shape index (κ2) is 14.2. The summed E-state index contributed by atoms with van der Waals surface area (Å²) in [4.78, 5) is 36.3. The van der Waals surface area contributed by atoms with Crippen molar-refractivity contribution < 1.29 is 18.4 Å². The Morgan fingerprint density at radius 2 is 1.71 bits per heavy atom. The summed E-state index contributed by atoms with van der Waals surface area (Å²) in [5.74, 6) is -1.49. The van der Waals surface area contributed by atoms with E-state index in [-0.39, 0.29) is 35.4 Å². The van der Waals surface area contributed by atoms with Crippen molar-refractivity contribution in [2.75, 3.05) is 45.8 Å². The molecule has 2 amide bonds. The Hall–Kier alpha value is -2.98. The Morgan fingerprint density at radius 1 is 1.00 bits per heavy atom. The third-order valence-corrected chi connectivity index (χ3v) is 10.3. The van der Waals surface area contributed by atoms with Crippen molar-refractivity contribution in [1.29, 1.82) is 0 Å². The Labute approximate surface area is 267 Å². The lowest BCUT2D eigenvalue weighted by molar-refractivity contribution is -0.138. The van der Waals surface area contributed by atoms with Crippen molar-refractivity contribution in [3.05, 3.63) is 59.4 Å². The van der Waals surface area contributed by atoms with E-state index in [9.17, 15) is 14.0 Å². The summed E-state index contributed by atoms with van der Waals surface area (Å²) >= 11 is 0. The van der Waals surface area contributed by atoms with E-state index in [2.05, 4.69) is 40.8 Å². The maximum Gasteiger partial charge on any atom is 0.274 e. The van der Waals surface area contributed by atoms with Crippen LogP contribution in [0.1, 0.15) is 88.7 Å². The molecule has 5 rings (SSSR count). The van der Waals surface area contributed by atoms with Gasteiger partial charge in [-0.15, -0.1) is 5.10 Å². The highest BCUT2D eigenvalue weighted by atomic mass is 19.1. The molecule has 246 valence electrons. The van der Waals surface area contributed by atoms with Gasteiger partial charge in [-0.2, -0.15) is 5.10 Å². The van der Waals surface area contributed by atoms with Gasteiger partial charge in [-0.05, 0) is 77.1 Å². The Balaban J connectivity index is 1.31. The summed E-state index contributed by atoms with van der Waals surface area (Å²) in [5.41, 5.74) is 0.594. The fourth-order valence-corrected chi connectivity index (χ4v) is 7.60. The number of carbonyl (C=O) groups is 2. The van der Waals surface area contributed by atoms with E-state index in [1.165, 1.54) is 31.4 Å². The summed E-state index contributed by atoms with van der Waals surface area (Å²) in [6, 6.07) is 7.39. The molecule has 3 atom stereocenters. The minimum atomic E-state index is -0.608. The molecule has 1 aliphatic carbocycles. The molecular formula is C35H50F2N6O2. The lowest BCUT2D eigenvalue weighted by Gasteiger charge is -2.46. The standard InChI is InChI=1S/C35H50F2N6O2/c1-24(2)43(34(45)31-12-9-15-38-39-31)23-32(25-10-7-6-8-11-25)40-16-18-41(19-17-40)33(44)29-22-42(35(3,4)5)21-28(29)27-14-13-26(36)20-30(27)37/h9,12-15,20,24-25,28-29,32H,6-8,10-11,16-19,21-23H2,1-5H3/t28-,29?,32?/m0/s1. The van der Waals surface area contributed by atoms with Crippen LogP contribution in [0, 0.1) is 23.5 Å². The zero-order valence-corrected chi connectivity index (χ0v) is 27.6. The number of piperazine rings is 1. The average Bonchev–Trinajstić information content (AvgIpc) is 3.48. The van der Waals surface area contributed by atoms with E-state index in [0.717, 1.165) is 32.0 Å². The largest absolute Gasteiger partial charge is 0.340 e. The van der Waals surface area contributed by atoms with E-state index >= 15 is 4.39 Å². The molecule has 0 N–H and O–H groups in total. The topological polar surface area (TPSA) is 72.9 Å². The number of carbonyl (C=O) groups excluding carboxylic acids is 2. The van der Waals surface area contributed by atoms with Gasteiger partial charge in [0, 0.05) is 81.6 Å². The first-order valence-electron chi connectivity index (χ1n) is 16.8. The molecule has 0 radical (unpaired) electrons. The molecule has 2 aliphatic heterocycles. The molecule has 10 heteroatoms. The van der Waals surface area contributed by atoms with Crippen molar-refractivity contribution in [2.45, 2.75) is 90.3 Å². The molecular weight excluding hydrogens is 574 g/mol. The SMILES string of the molecule is CC(C)N(CC(C1CCCCC1)N1CCN(C(=O)C2CN(C(C)(C)C)C[C@H]2c2ccc(F)cc2F)CC1)C(=O)c1cccnn1. The van der Waals surface area contributed by atoms with Crippen LogP contribution in [0.5, 0.6) is 0 Å². The quantitative estimate of drug-likeness (QED) is 0.402. The molecule has 2 unspecified atom stereocenters. The lowest BCUT2D eigenvalue weighted by atomic mass is 9.82. The van der Waals surface area contributed by atoms with E-state index in [0.29, 0.717) is 49.9 Å². The van der Waals surface area contributed by atoms with Crippen molar-refractivity contribution in [3.8, 4) is 0 Å². The maximum absolute atomic E-state index is 15.0. The van der Waals surface area contributed by atoms with Crippen LogP contribution in [0.3, 0.4) is 0 Å². The molecule has 3 aliphatic rings. The van der Waals surface area contributed by atoms with Gasteiger partial charge in [-0.3, -0.25) is 19.4 Å². The Morgan fingerprint density at radius 3 is 2.31 bits per heavy atom. The summed E-state index contributed by atoms with van der Waals surface area (Å²) < 4.78 is 28.8. The summed E-state index contributed by atoms with van der Waals surface area (Å²) in [6.07, 6.45) is 7.52. The third kappa shape index (κ3) is 7.71. The second-order valence-corrected chi connectivity index (χ2v) is 14.4. The highest BCUT2D eigenvalue weighted by molar-refractivity contribution is 5.92. The number of likely N-dealkylation sites (tertiary alicyclic amines) is 1. The monoisotopic (exact) mass is 624 g/mol. The second-order valence-electron chi connectivity index (χ2n) is 14.4. The van der Waals surface area contributed by atoms with Crippen LogP contribution < -0.4 is 0 Å². The van der Waals surface area contributed by atoms with Gasteiger partial charge in [0.25, 0.3) is 5.91 Å². The maximum atomic E-state index is 15.0. The summed E-state index contributed by atoms with van der Waals surface area (Å²) in [6.45, 7) is 14.8. The van der Waals surface area contributed by atoms with Crippen LogP contribution >= 0.6 is 0 Å². The number of nitrogens with zero attached hydrogens (tertiary/aromatic N) is 6. The van der Waals surface area contributed by atoms with Crippen LogP contribution in [0.15, 0.2) is 36.5 Å². The molecule has 45 heavy (non-hydrogen) atoms. The van der Waals surface area contributed by atoms with Gasteiger partial charge < -0.3 is 9.80 Å². The predicted octanol–water partition coefficient (Wildman–Crippen LogP) is 5.21. The number of aromatic nitrogens is 2. The molecule has 2 aromatic rings. The van der Waals surface area contributed by atoms with Crippen molar-refractivity contribution in [3.63, 3.8) is 0 Å². The fraction of sp³-hybridized carbons (Fsp3) is 0.657. The number of benzene rings is 1. The molecule has 1 aromatic heterocycles. The number of hydrogen-bond donors (Lipinski definition) is 0. The van der Waals surface area contributed by atoms with Gasteiger partial charge in [-0.25, -0.2) is 8.78 Å². The van der Waals surface area contributed by atoms with Crippen molar-refractivity contribution in [1.82, 2.24) is 29.8 Å².